The van der Waals surface area contributed by atoms with E-state index in [-0.39, 0.29) is 11.5 Å². The van der Waals surface area contributed by atoms with E-state index in [1.165, 1.54) is 11.1 Å². The van der Waals surface area contributed by atoms with Gasteiger partial charge in [0.2, 0.25) is 5.91 Å². The van der Waals surface area contributed by atoms with Crippen molar-refractivity contribution in [3.05, 3.63) is 29.8 Å². The molecule has 0 atom stereocenters. The summed E-state index contributed by atoms with van der Waals surface area (Å²) in [6.45, 7) is 0.419. The molecule has 88 valence electrons. The van der Waals surface area contributed by atoms with Crippen LogP contribution in [-0.2, 0) is 9.59 Å². The summed E-state index contributed by atoms with van der Waals surface area (Å²) in [5.41, 5.74) is 3.03. The van der Waals surface area contributed by atoms with Gasteiger partial charge >= 0.3 is 5.97 Å². The largest absolute Gasteiger partial charge is 0.475 e. The van der Waals surface area contributed by atoms with Crippen LogP contribution in [0.15, 0.2) is 24.3 Å². The van der Waals surface area contributed by atoms with Gasteiger partial charge in [-0.2, -0.15) is 0 Å². The van der Waals surface area contributed by atoms with E-state index >= 15 is 0 Å². The second-order valence-electron chi connectivity index (χ2n) is 3.59. The molecule has 2 N–H and O–H groups in total. The lowest BCUT2D eigenvalue weighted by atomic mass is 10.1. The molecule has 1 aromatic carbocycles. The zero-order valence-corrected chi connectivity index (χ0v) is 8.84. The average molecular weight is 234 g/mol. The van der Waals surface area contributed by atoms with E-state index in [0.29, 0.717) is 18.7 Å². The lowest BCUT2D eigenvalue weighted by Gasteiger charge is -2.19. The standard InChI is InChI=1S/C11H10N2O4/c14-9-5-6-13(12-9)8-4-2-1-3-7(8)10(15)11(16)17/h1-4H,5-6H2,(H,12,14)(H,16,17). The molecule has 1 amide bonds. The highest BCUT2D eigenvalue weighted by Gasteiger charge is 2.25. The van der Waals surface area contributed by atoms with Crippen LogP contribution < -0.4 is 10.4 Å². The number of amides is 1. The van der Waals surface area contributed by atoms with Gasteiger partial charge in [0.1, 0.15) is 0 Å². The number of carbonyl (C=O) groups excluding carboxylic acids is 2. The molecule has 0 radical (unpaired) electrons. The summed E-state index contributed by atoms with van der Waals surface area (Å²) in [7, 11) is 0. The van der Waals surface area contributed by atoms with Crippen LogP contribution in [0, 0.1) is 0 Å². The van der Waals surface area contributed by atoms with Gasteiger partial charge in [-0.25, -0.2) is 4.79 Å². The van der Waals surface area contributed by atoms with Crippen molar-refractivity contribution in [3.8, 4) is 0 Å². The second-order valence-corrected chi connectivity index (χ2v) is 3.59. The van der Waals surface area contributed by atoms with E-state index < -0.39 is 11.8 Å². The van der Waals surface area contributed by atoms with E-state index in [1.807, 2.05) is 0 Å². The summed E-state index contributed by atoms with van der Waals surface area (Å²) in [6.07, 6.45) is 0.329. The van der Waals surface area contributed by atoms with Crippen molar-refractivity contribution in [2.24, 2.45) is 0 Å². The Balaban J connectivity index is 2.37. The van der Waals surface area contributed by atoms with Gasteiger partial charge < -0.3 is 5.11 Å². The Labute approximate surface area is 96.8 Å². The fourth-order valence-corrected chi connectivity index (χ4v) is 1.67. The molecule has 0 unspecified atom stereocenters. The predicted octanol–water partition coefficient (Wildman–Crippen LogP) is 0.195. The number of nitrogens with one attached hydrogen (secondary N) is 1. The van der Waals surface area contributed by atoms with Crippen molar-refractivity contribution >= 4 is 23.3 Å². The Hall–Kier alpha value is -2.37. The van der Waals surface area contributed by atoms with Gasteiger partial charge in [-0.15, -0.1) is 0 Å². The van der Waals surface area contributed by atoms with Crippen molar-refractivity contribution in [2.45, 2.75) is 6.42 Å². The number of para-hydroxylation sites is 1. The molecule has 1 fully saturated rings. The highest BCUT2D eigenvalue weighted by molar-refractivity contribution is 6.41. The molecule has 1 heterocycles. The lowest BCUT2D eigenvalue weighted by Crippen LogP contribution is -2.34. The third kappa shape index (κ3) is 2.10. The van der Waals surface area contributed by atoms with Crippen molar-refractivity contribution in [3.63, 3.8) is 0 Å². The number of nitrogens with zero attached hydrogens (tertiary/aromatic N) is 1. The SMILES string of the molecule is O=C1CCN(c2ccccc2C(=O)C(=O)O)N1. The van der Waals surface area contributed by atoms with E-state index in [9.17, 15) is 14.4 Å². The van der Waals surface area contributed by atoms with Gasteiger partial charge in [-0.05, 0) is 12.1 Å². The van der Waals surface area contributed by atoms with Crippen LogP contribution in [0.3, 0.4) is 0 Å². The van der Waals surface area contributed by atoms with Crippen LogP contribution in [0.4, 0.5) is 5.69 Å². The maximum atomic E-state index is 11.5. The molecule has 1 saturated heterocycles. The zero-order chi connectivity index (χ0) is 12.4. The highest BCUT2D eigenvalue weighted by Crippen LogP contribution is 2.21. The molecular weight excluding hydrogens is 224 g/mol. The minimum absolute atomic E-state index is 0.0715. The first kappa shape index (κ1) is 11.1. The number of hydrogen-bond donors (Lipinski definition) is 2. The van der Waals surface area contributed by atoms with Crippen LogP contribution in [0.2, 0.25) is 0 Å². The topological polar surface area (TPSA) is 86.7 Å². The highest BCUT2D eigenvalue weighted by atomic mass is 16.4. The van der Waals surface area contributed by atoms with Gasteiger partial charge in [-0.3, -0.25) is 20.0 Å². The molecular formula is C11H10N2O4. The van der Waals surface area contributed by atoms with E-state index in [1.54, 1.807) is 18.2 Å². The van der Waals surface area contributed by atoms with Crippen molar-refractivity contribution < 1.29 is 19.5 Å². The number of hydrogen-bond acceptors (Lipinski definition) is 4. The summed E-state index contributed by atoms with van der Waals surface area (Å²) in [6, 6.07) is 6.29. The number of rotatable bonds is 3. The fraction of sp³-hybridized carbons (Fsp3) is 0.182. The molecule has 0 aromatic heterocycles. The number of aliphatic carboxylic acids is 1. The first-order valence-corrected chi connectivity index (χ1v) is 5.03. The maximum absolute atomic E-state index is 11.5. The second kappa shape index (κ2) is 4.25. The molecule has 2 rings (SSSR count). The van der Waals surface area contributed by atoms with E-state index in [4.69, 9.17) is 5.11 Å². The molecule has 1 aliphatic rings. The van der Waals surface area contributed by atoms with Crippen molar-refractivity contribution in [1.82, 2.24) is 5.43 Å². The van der Waals surface area contributed by atoms with Gasteiger partial charge in [0, 0.05) is 13.0 Å². The number of ketones is 1. The molecule has 0 saturated carbocycles. The Morgan fingerprint density at radius 2 is 2.00 bits per heavy atom. The third-order valence-electron chi connectivity index (χ3n) is 2.46. The van der Waals surface area contributed by atoms with Crippen molar-refractivity contribution in [1.29, 1.82) is 0 Å². The van der Waals surface area contributed by atoms with E-state index in [2.05, 4.69) is 5.43 Å². The molecule has 1 aliphatic heterocycles. The Kier molecular flexibility index (Phi) is 2.78. The van der Waals surface area contributed by atoms with Crippen molar-refractivity contribution in [2.75, 3.05) is 11.6 Å². The Morgan fingerprint density at radius 3 is 2.59 bits per heavy atom. The Bertz CT molecular complexity index is 498. The van der Waals surface area contributed by atoms with Gasteiger partial charge in [0.25, 0.3) is 5.78 Å². The molecule has 17 heavy (non-hydrogen) atoms. The summed E-state index contributed by atoms with van der Waals surface area (Å²) in [4.78, 5) is 33.2. The molecule has 0 spiro atoms. The molecule has 0 aliphatic carbocycles. The molecule has 0 bridgehead atoms. The van der Waals surface area contributed by atoms with Crippen LogP contribution in [0.1, 0.15) is 16.8 Å². The van der Waals surface area contributed by atoms with Gasteiger partial charge in [0.05, 0.1) is 11.3 Å². The number of carbonyl (C=O) groups is 3. The summed E-state index contributed by atoms with van der Waals surface area (Å²) in [5, 5.41) is 10.2. The molecule has 6 nitrogen and oxygen atoms in total. The zero-order valence-electron chi connectivity index (χ0n) is 8.84. The normalized spacial score (nSPS) is 14.6. The Morgan fingerprint density at radius 1 is 1.29 bits per heavy atom. The lowest BCUT2D eigenvalue weighted by molar-refractivity contribution is -0.131. The number of carboxylic acid groups (broad SMARTS) is 1. The fourth-order valence-electron chi connectivity index (χ4n) is 1.67. The number of hydrazine groups is 1. The van der Waals surface area contributed by atoms with Gasteiger partial charge in [-0.1, -0.05) is 12.1 Å². The third-order valence-corrected chi connectivity index (χ3v) is 2.46. The predicted molar refractivity (Wildman–Crippen MR) is 58.5 cm³/mol. The summed E-state index contributed by atoms with van der Waals surface area (Å²) < 4.78 is 0. The minimum atomic E-state index is -1.51. The number of anilines is 1. The van der Waals surface area contributed by atoms with Gasteiger partial charge in [0.15, 0.2) is 0 Å². The van der Waals surface area contributed by atoms with Crippen LogP contribution >= 0.6 is 0 Å². The maximum Gasteiger partial charge on any atom is 0.377 e. The monoisotopic (exact) mass is 234 g/mol. The number of carboxylic acids is 1. The number of Topliss-reactive ketones (excluding diaryl/α,β-unsaturated/α-hetero) is 1. The molecule has 6 heteroatoms. The number of benzene rings is 1. The first-order valence-electron chi connectivity index (χ1n) is 5.03. The average Bonchev–Trinajstić information content (AvgIpc) is 2.74. The quantitative estimate of drug-likeness (QED) is 0.576. The smallest absolute Gasteiger partial charge is 0.377 e. The van der Waals surface area contributed by atoms with Crippen LogP contribution in [-0.4, -0.2) is 29.3 Å². The van der Waals surface area contributed by atoms with Crippen LogP contribution in [0.5, 0.6) is 0 Å². The van der Waals surface area contributed by atoms with Crippen LogP contribution in [0.25, 0.3) is 0 Å². The summed E-state index contributed by atoms with van der Waals surface area (Å²) >= 11 is 0. The molecule has 1 aromatic rings. The minimum Gasteiger partial charge on any atom is -0.475 e. The summed E-state index contributed by atoms with van der Waals surface area (Å²) in [5.74, 6) is -2.65. The first-order chi connectivity index (χ1) is 8.09. The van der Waals surface area contributed by atoms with E-state index in [0.717, 1.165) is 0 Å².